The molecule has 4 heterocycles. The second-order valence-electron chi connectivity index (χ2n) is 8.20. The SMILES string of the molecule is O=C(Cn1ccnc1)N1CCC2(CCN(Cc3ccncc3)CC2)C(CO)C1. The lowest BCUT2D eigenvalue weighted by Gasteiger charge is -2.51. The van der Waals surface area contributed by atoms with Crippen LogP contribution in [0.3, 0.4) is 0 Å². The van der Waals surface area contributed by atoms with E-state index in [1.165, 1.54) is 5.56 Å². The molecule has 1 amide bonds. The predicted molar refractivity (Wildman–Crippen MR) is 105 cm³/mol. The number of aromatic nitrogens is 3. The molecule has 1 unspecified atom stereocenters. The lowest BCUT2D eigenvalue weighted by molar-refractivity contribution is -0.138. The van der Waals surface area contributed by atoms with Gasteiger partial charge in [-0.1, -0.05) is 0 Å². The minimum atomic E-state index is 0.112. The molecule has 2 aromatic heterocycles. The Kier molecular flexibility index (Phi) is 5.73. The molecule has 7 heteroatoms. The molecular formula is C21H29N5O2. The minimum absolute atomic E-state index is 0.112. The number of rotatable bonds is 5. The van der Waals surface area contributed by atoms with E-state index in [1.807, 2.05) is 23.5 Å². The first-order chi connectivity index (χ1) is 13.7. The highest BCUT2D eigenvalue weighted by atomic mass is 16.3. The number of aliphatic hydroxyl groups excluding tert-OH is 1. The third-order valence-corrected chi connectivity index (χ3v) is 6.64. The average Bonchev–Trinajstić information content (AvgIpc) is 3.24. The molecule has 7 nitrogen and oxygen atoms in total. The number of aliphatic hydroxyl groups is 1. The van der Waals surface area contributed by atoms with E-state index in [0.717, 1.165) is 45.4 Å². The van der Waals surface area contributed by atoms with Crippen LogP contribution in [0.1, 0.15) is 24.8 Å². The van der Waals surface area contributed by atoms with Crippen molar-refractivity contribution in [1.29, 1.82) is 0 Å². The zero-order valence-corrected chi connectivity index (χ0v) is 16.3. The van der Waals surface area contributed by atoms with Crippen molar-refractivity contribution < 1.29 is 9.90 Å². The summed E-state index contributed by atoms with van der Waals surface area (Å²) in [5.41, 5.74) is 1.46. The Bertz CT molecular complexity index is 756. The molecule has 150 valence electrons. The van der Waals surface area contributed by atoms with E-state index in [4.69, 9.17) is 0 Å². The fourth-order valence-corrected chi connectivity index (χ4v) is 4.79. The second kappa shape index (κ2) is 8.41. The fourth-order valence-electron chi connectivity index (χ4n) is 4.79. The third kappa shape index (κ3) is 4.10. The summed E-state index contributed by atoms with van der Waals surface area (Å²) < 4.78 is 1.80. The Morgan fingerprint density at radius 1 is 1.11 bits per heavy atom. The lowest BCUT2D eigenvalue weighted by Crippen LogP contribution is -2.54. The zero-order valence-electron chi connectivity index (χ0n) is 16.3. The maximum Gasteiger partial charge on any atom is 0.242 e. The number of imidazole rings is 1. The van der Waals surface area contributed by atoms with Crippen LogP contribution >= 0.6 is 0 Å². The Hall–Kier alpha value is -2.25. The Morgan fingerprint density at radius 2 is 1.86 bits per heavy atom. The summed E-state index contributed by atoms with van der Waals surface area (Å²) in [6.07, 6.45) is 12.0. The highest BCUT2D eigenvalue weighted by Gasteiger charge is 2.45. The standard InChI is InChI=1S/C21H29N5O2/c27-16-19-14-26(20(28)15-25-12-8-23-17-25)11-5-21(19)3-9-24(10-4-21)13-18-1-6-22-7-2-18/h1-2,6-8,12,17,19,27H,3-5,9-11,13-16H2. The molecule has 0 aromatic carbocycles. The van der Waals surface area contributed by atoms with Crippen molar-refractivity contribution in [2.45, 2.75) is 32.4 Å². The molecule has 0 aliphatic carbocycles. The van der Waals surface area contributed by atoms with Gasteiger partial charge in [-0.15, -0.1) is 0 Å². The molecule has 1 N–H and O–H groups in total. The van der Waals surface area contributed by atoms with Crippen molar-refractivity contribution in [3.63, 3.8) is 0 Å². The van der Waals surface area contributed by atoms with Crippen molar-refractivity contribution in [3.8, 4) is 0 Å². The van der Waals surface area contributed by atoms with Gasteiger partial charge in [-0.2, -0.15) is 0 Å². The number of pyridine rings is 1. The van der Waals surface area contributed by atoms with Crippen molar-refractivity contribution in [3.05, 3.63) is 48.8 Å². The van der Waals surface area contributed by atoms with Gasteiger partial charge < -0.3 is 14.6 Å². The van der Waals surface area contributed by atoms with E-state index in [2.05, 4.69) is 27.0 Å². The topological polar surface area (TPSA) is 74.5 Å². The number of likely N-dealkylation sites (tertiary alicyclic amines) is 2. The Balaban J connectivity index is 1.33. The van der Waals surface area contributed by atoms with Crippen LogP contribution in [0.25, 0.3) is 0 Å². The number of carbonyl (C=O) groups excluding carboxylic acids is 1. The highest BCUT2D eigenvalue weighted by Crippen LogP contribution is 2.45. The van der Waals surface area contributed by atoms with Gasteiger partial charge in [0.15, 0.2) is 0 Å². The summed E-state index contributed by atoms with van der Waals surface area (Å²) in [7, 11) is 0. The van der Waals surface area contributed by atoms with Gasteiger partial charge in [-0.05, 0) is 55.5 Å². The van der Waals surface area contributed by atoms with Crippen LogP contribution in [0.5, 0.6) is 0 Å². The van der Waals surface area contributed by atoms with E-state index in [9.17, 15) is 9.90 Å². The normalized spacial score (nSPS) is 22.5. The molecule has 2 fully saturated rings. The van der Waals surface area contributed by atoms with Crippen LogP contribution in [0, 0.1) is 11.3 Å². The first kappa shape index (κ1) is 19.1. The van der Waals surface area contributed by atoms with Gasteiger partial charge in [0.05, 0.1) is 6.33 Å². The first-order valence-corrected chi connectivity index (χ1v) is 10.1. The first-order valence-electron chi connectivity index (χ1n) is 10.1. The summed E-state index contributed by atoms with van der Waals surface area (Å²) in [5.74, 6) is 0.275. The van der Waals surface area contributed by atoms with Gasteiger partial charge in [0.25, 0.3) is 0 Å². The predicted octanol–water partition coefficient (Wildman–Crippen LogP) is 1.40. The van der Waals surface area contributed by atoms with E-state index in [0.29, 0.717) is 13.1 Å². The van der Waals surface area contributed by atoms with E-state index >= 15 is 0 Å². The Labute approximate surface area is 166 Å². The molecular weight excluding hydrogens is 354 g/mol. The van der Waals surface area contributed by atoms with Crippen molar-refractivity contribution in [2.24, 2.45) is 11.3 Å². The highest BCUT2D eigenvalue weighted by molar-refractivity contribution is 5.76. The van der Waals surface area contributed by atoms with Crippen molar-refractivity contribution in [2.75, 3.05) is 32.8 Å². The molecule has 1 spiro atoms. The molecule has 2 aliphatic rings. The van der Waals surface area contributed by atoms with Crippen LogP contribution in [-0.4, -0.2) is 68.1 Å². The summed E-state index contributed by atoms with van der Waals surface area (Å²) in [4.78, 5) is 25.1. The number of nitrogens with zero attached hydrogens (tertiary/aromatic N) is 5. The molecule has 4 rings (SSSR count). The molecule has 28 heavy (non-hydrogen) atoms. The minimum Gasteiger partial charge on any atom is -0.396 e. The monoisotopic (exact) mass is 383 g/mol. The Morgan fingerprint density at radius 3 is 2.54 bits per heavy atom. The fraction of sp³-hybridized carbons (Fsp3) is 0.571. The molecule has 0 radical (unpaired) electrons. The lowest BCUT2D eigenvalue weighted by atomic mass is 9.64. The largest absolute Gasteiger partial charge is 0.396 e. The third-order valence-electron chi connectivity index (χ3n) is 6.64. The second-order valence-corrected chi connectivity index (χ2v) is 8.20. The summed E-state index contributed by atoms with van der Waals surface area (Å²) in [6, 6.07) is 4.15. The molecule has 1 atom stereocenters. The van der Waals surface area contributed by atoms with Crippen LogP contribution in [-0.2, 0) is 17.9 Å². The summed E-state index contributed by atoms with van der Waals surface area (Å²) >= 11 is 0. The zero-order chi connectivity index (χ0) is 19.4. The van der Waals surface area contributed by atoms with Gasteiger partial charge in [-0.3, -0.25) is 14.7 Å². The quantitative estimate of drug-likeness (QED) is 0.845. The van der Waals surface area contributed by atoms with Crippen LogP contribution < -0.4 is 0 Å². The van der Waals surface area contributed by atoms with E-state index in [1.54, 1.807) is 17.1 Å². The summed E-state index contributed by atoms with van der Waals surface area (Å²) in [6.45, 7) is 4.97. The number of hydrogen-bond donors (Lipinski definition) is 1. The van der Waals surface area contributed by atoms with E-state index < -0.39 is 0 Å². The van der Waals surface area contributed by atoms with Crippen LogP contribution in [0.4, 0.5) is 0 Å². The smallest absolute Gasteiger partial charge is 0.242 e. The van der Waals surface area contributed by atoms with Gasteiger partial charge >= 0.3 is 0 Å². The van der Waals surface area contributed by atoms with E-state index in [-0.39, 0.29) is 23.8 Å². The number of hydrogen-bond acceptors (Lipinski definition) is 5. The van der Waals surface area contributed by atoms with Crippen LogP contribution in [0.15, 0.2) is 43.2 Å². The van der Waals surface area contributed by atoms with Crippen molar-refractivity contribution in [1.82, 2.24) is 24.3 Å². The summed E-state index contributed by atoms with van der Waals surface area (Å²) in [5, 5.41) is 10.1. The van der Waals surface area contributed by atoms with Gasteiger partial charge in [0.2, 0.25) is 5.91 Å². The maximum atomic E-state index is 12.6. The van der Waals surface area contributed by atoms with Gasteiger partial charge in [0, 0.05) is 56.9 Å². The molecule has 0 saturated carbocycles. The molecule has 2 saturated heterocycles. The van der Waals surface area contributed by atoms with Crippen LogP contribution in [0.2, 0.25) is 0 Å². The maximum absolute atomic E-state index is 12.6. The average molecular weight is 383 g/mol. The molecule has 2 aliphatic heterocycles. The number of amides is 1. The van der Waals surface area contributed by atoms with Gasteiger partial charge in [0.1, 0.15) is 6.54 Å². The number of carbonyl (C=O) groups is 1. The molecule has 0 bridgehead atoms. The van der Waals surface area contributed by atoms with Crippen molar-refractivity contribution >= 4 is 5.91 Å². The molecule has 2 aromatic rings. The van der Waals surface area contributed by atoms with Gasteiger partial charge in [-0.25, -0.2) is 4.98 Å². The number of piperidine rings is 2.